The van der Waals surface area contributed by atoms with E-state index in [2.05, 4.69) is 27.9 Å². The molecular formula is C4H6INO. The zero-order chi connectivity index (χ0) is 5.28. The Morgan fingerprint density at radius 3 is 2.71 bits per heavy atom. The van der Waals surface area contributed by atoms with Gasteiger partial charge in [0.1, 0.15) is 0 Å². The summed E-state index contributed by atoms with van der Waals surface area (Å²) < 4.78 is 0.962. The summed E-state index contributed by atoms with van der Waals surface area (Å²) in [6, 6.07) is 0. The van der Waals surface area contributed by atoms with Crippen LogP contribution in [0.4, 0.5) is 0 Å². The Bertz CT molecular complexity index is 91.7. The molecule has 0 aromatic carbocycles. The van der Waals surface area contributed by atoms with Crippen LogP contribution in [0.2, 0.25) is 0 Å². The lowest BCUT2D eigenvalue weighted by Crippen LogP contribution is -2.49. The Hall–Kier alpha value is 0.200. The van der Waals surface area contributed by atoms with Gasteiger partial charge in [0.15, 0.2) is 0 Å². The van der Waals surface area contributed by atoms with Crippen molar-refractivity contribution in [1.29, 1.82) is 0 Å². The van der Waals surface area contributed by atoms with E-state index >= 15 is 0 Å². The predicted octanol–water partition coefficient (Wildman–Crippen LogP) is 0.167. The van der Waals surface area contributed by atoms with Gasteiger partial charge in [-0.05, 0) is 0 Å². The normalized spacial score (nSPS) is 28.7. The minimum atomic E-state index is 0.217. The van der Waals surface area contributed by atoms with Gasteiger partial charge in [0.05, 0.1) is 5.92 Å². The highest BCUT2D eigenvalue weighted by molar-refractivity contribution is 14.1. The highest BCUT2D eigenvalue weighted by atomic mass is 127. The summed E-state index contributed by atoms with van der Waals surface area (Å²) in [5.74, 6) is 0.537. The molecule has 1 unspecified atom stereocenters. The van der Waals surface area contributed by atoms with E-state index in [0.717, 1.165) is 11.0 Å². The van der Waals surface area contributed by atoms with E-state index in [1.54, 1.807) is 0 Å². The van der Waals surface area contributed by atoms with Crippen LogP contribution in [0.15, 0.2) is 0 Å². The second-order valence-corrected chi connectivity index (χ2v) is 2.48. The lowest BCUT2D eigenvalue weighted by atomic mass is 10.1. The van der Waals surface area contributed by atoms with E-state index in [1.165, 1.54) is 0 Å². The highest BCUT2D eigenvalue weighted by Gasteiger charge is 2.25. The highest BCUT2D eigenvalue weighted by Crippen LogP contribution is 2.07. The molecule has 3 heteroatoms. The number of carbonyl (C=O) groups excluding carboxylic acids is 1. The molecule has 1 saturated heterocycles. The quantitative estimate of drug-likeness (QED) is 0.373. The number of β-lactam (4-membered cyclic amide) rings is 1. The van der Waals surface area contributed by atoms with E-state index < -0.39 is 0 Å². The van der Waals surface area contributed by atoms with E-state index in [1.807, 2.05) is 0 Å². The first-order chi connectivity index (χ1) is 3.34. The van der Waals surface area contributed by atoms with E-state index in [-0.39, 0.29) is 5.91 Å². The van der Waals surface area contributed by atoms with Crippen LogP contribution in [-0.4, -0.2) is 16.9 Å². The van der Waals surface area contributed by atoms with Crippen LogP contribution in [0, 0.1) is 5.92 Å². The predicted molar refractivity (Wildman–Crippen MR) is 35.4 cm³/mol. The molecule has 0 aliphatic carbocycles. The molecule has 7 heavy (non-hydrogen) atoms. The van der Waals surface area contributed by atoms with E-state index in [0.29, 0.717) is 5.92 Å². The van der Waals surface area contributed by atoms with Crippen LogP contribution in [0.1, 0.15) is 0 Å². The molecule has 2 nitrogen and oxygen atoms in total. The van der Waals surface area contributed by atoms with Crippen LogP contribution in [0.25, 0.3) is 0 Å². The van der Waals surface area contributed by atoms with Crippen molar-refractivity contribution in [2.45, 2.75) is 0 Å². The molecule has 1 rings (SSSR count). The Kier molecular flexibility index (Phi) is 1.51. The third-order valence-electron chi connectivity index (χ3n) is 1.08. The second kappa shape index (κ2) is 1.98. The minimum Gasteiger partial charge on any atom is -0.355 e. The summed E-state index contributed by atoms with van der Waals surface area (Å²) in [5, 5.41) is 2.67. The Balaban J connectivity index is 2.29. The average Bonchev–Trinajstić information content (AvgIpc) is 1.65. The lowest BCUT2D eigenvalue weighted by Gasteiger charge is -2.23. The number of alkyl halides is 1. The molecular weight excluding hydrogens is 205 g/mol. The van der Waals surface area contributed by atoms with Crippen molar-refractivity contribution < 1.29 is 4.79 Å². The Labute approximate surface area is 55.8 Å². The topological polar surface area (TPSA) is 29.1 Å². The molecule has 0 spiro atoms. The largest absolute Gasteiger partial charge is 0.355 e. The summed E-state index contributed by atoms with van der Waals surface area (Å²) >= 11 is 2.22. The van der Waals surface area contributed by atoms with Gasteiger partial charge in [-0.3, -0.25) is 4.79 Å². The van der Waals surface area contributed by atoms with Gasteiger partial charge in [-0.1, -0.05) is 22.6 Å². The maximum atomic E-state index is 10.3. The fourth-order valence-electron chi connectivity index (χ4n) is 0.454. The molecule has 0 saturated carbocycles. The maximum Gasteiger partial charge on any atom is 0.225 e. The van der Waals surface area contributed by atoms with Gasteiger partial charge < -0.3 is 5.32 Å². The number of rotatable bonds is 1. The summed E-state index contributed by atoms with van der Waals surface area (Å²) in [7, 11) is 0. The molecule has 1 fully saturated rings. The molecule has 1 aliphatic rings. The molecule has 1 atom stereocenters. The number of hydrogen-bond donors (Lipinski definition) is 1. The monoisotopic (exact) mass is 211 g/mol. The van der Waals surface area contributed by atoms with Crippen molar-refractivity contribution in [2.75, 3.05) is 11.0 Å². The molecule has 1 N–H and O–H groups in total. The Morgan fingerprint density at radius 2 is 2.71 bits per heavy atom. The minimum absolute atomic E-state index is 0.217. The molecule has 0 radical (unpaired) electrons. The number of amides is 1. The number of halogens is 1. The van der Waals surface area contributed by atoms with Crippen LogP contribution >= 0.6 is 22.6 Å². The van der Waals surface area contributed by atoms with Gasteiger partial charge in [-0.25, -0.2) is 0 Å². The molecule has 1 heterocycles. The van der Waals surface area contributed by atoms with Crippen molar-refractivity contribution in [3.8, 4) is 0 Å². The van der Waals surface area contributed by atoms with Crippen molar-refractivity contribution >= 4 is 28.5 Å². The summed E-state index contributed by atoms with van der Waals surface area (Å²) in [6.45, 7) is 0.891. The van der Waals surface area contributed by atoms with Crippen LogP contribution < -0.4 is 5.32 Å². The lowest BCUT2D eigenvalue weighted by molar-refractivity contribution is -0.129. The summed E-state index contributed by atoms with van der Waals surface area (Å²) in [4.78, 5) is 10.3. The molecule has 1 aliphatic heterocycles. The molecule has 0 bridgehead atoms. The van der Waals surface area contributed by atoms with Gasteiger partial charge in [0, 0.05) is 11.0 Å². The first kappa shape index (κ1) is 5.34. The fourth-order valence-corrected chi connectivity index (χ4v) is 1.17. The van der Waals surface area contributed by atoms with Crippen LogP contribution in [0.3, 0.4) is 0 Å². The maximum absolute atomic E-state index is 10.3. The fraction of sp³-hybridized carbons (Fsp3) is 0.750. The van der Waals surface area contributed by atoms with Gasteiger partial charge in [-0.15, -0.1) is 0 Å². The number of nitrogens with one attached hydrogen (secondary N) is 1. The first-order valence-corrected chi connectivity index (χ1v) is 3.71. The number of hydrogen-bond acceptors (Lipinski definition) is 1. The van der Waals surface area contributed by atoms with Crippen molar-refractivity contribution in [1.82, 2.24) is 5.32 Å². The molecule has 0 aromatic rings. The molecule has 0 aromatic heterocycles. The third kappa shape index (κ3) is 0.872. The average molecular weight is 211 g/mol. The van der Waals surface area contributed by atoms with Gasteiger partial charge in [0.25, 0.3) is 0 Å². The zero-order valence-electron chi connectivity index (χ0n) is 3.78. The summed E-state index contributed by atoms with van der Waals surface area (Å²) in [6.07, 6.45) is 0. The smallest absolute Gasteiger partial charge is 0.225 e. The van der Waals surface area contributed by atoms with Gasteiger partial charge in [-0.2, -0.15) is 0 Å². The van der Waals surface area contributed by atoms with Crippen LogP contribution in [-0.2, 0) is 4.79 Å². The van der Waals surface area contributed by atoms with Gasteiger partial charge in [0.2, 0.25) is 5.91 Å². The Morgan fingerprint density at radius 1 is 2.00 bits per heavy atom. The molecule has 1 amide bonds. The standard InChI is InChI=1S/C4H6INO/c5-1-3-2-6-4(3)7/h3H,1-2H2,(H,6,7). The molecule has 40 valence electrons. The van der Waals surface area contributed by atoms with Gasteiger partial charge >= 0.3 is 0 Å². The first-order valence-electron chi connectivity index (χ1n) is 2.18. The van der Waals surface area contributed by atoms with Crippen molar-refractivity contribution in [3.05, 3.63) is 0 Å². The summed E-state index contributed by atoms with van der Waals surface area (Å²) in [5.41, 5.74) is 0. The van der Waals surface area contributed by atoms with Crippen molar-refractivity contribution in [3.63, 3.8) is 0 Å². The van der Waals surface area contributed by atoms with E-state index in [4.69, 9.17) is 0 Å². The SMILES string of the molecule is O=C1NCC1CI. The van der Waals surface area contributed by atoms with Crippen molar-refractivity contribution in [2.24, 2.45) is 5.92 Å². The zero-order valence-corrected chi connectivity index (χ0v) is 5.94. The van der Waals surface area contributed by atoms with Crippen LogP contribution in [0.5, 0.6) is 0 Å². The third-order valence-corrected chi connectivity index (χ3v) is 2.14. The second-order valence-electron chi connectivity index (χ2n) is 1.60. The number of carbonyl (C=O) groups is 1. The van der Waals surface area contributed by atoms with E-state index in [9.17, 15) is 4.79 Å².